The molecule has 0 radical (unpaired) electrons. The van der Waals surface area contributed by atoms with E-state index in [1.807, 2.05) is 33.8 Å². The first-order valence-corrected chi connectivity index (χ1v) is 13.5. The summed E-state index contributed by atoms with van der Waals surface area (Å²) in [5.74, 6) is 1.13. The lowest BCUT2D eigenvalue weighted by Gasteiger charge is -2.24. The average molecular weight is 525 g/mol. The zero-order valence-electron chi connectivity index (χ0n) is 23.1. The number of benzene rings is 1. The van der Waals surface area contributed by atoms with Crippen molar-refractivity contribution >= 4 is 17.0 Å². The molecule has 38 heavy (non-hydrogen) atoms. The summed E-state index contributed by atoms with van der Waals surface area (Å²) in [5, 5.41) is 3.38. The third kappa shape index (κ3) is 6.70. The van der Waals surface area contributed by atoms with Crippen molar-refractivity contribution in [2.45, 2.75) is 65.8 Å². The number of aromatic amines is 1. The monoisotopic (exact) mass is 524 g/mol. The quantitative estimate of drug-likeness (QED) is 0.367. The van der Waals surface area contributed by atoms with Gasteiger partial charge < -0.3 is 29.1 Å². The maximum atomic E-state index is 12.8. The first-order chi connectivity index (χ1) is 18.3. The number of esters is 1. The number of carbonyl (C=O) groups excluding carboxylic acids is 1. The summed E-state index contributed by atoms with van der Waals surface area (Å²) < 4.78 is 18.5. The number of ether oxygens (including phenoxy) is 3. The van der Waals surface area contributed by atoms with E-state index in [1.54, 1.807) is 13.3 Å². The van der Waals surface area contributed by atoms with Crippen molar-refractivity contribution in [1.29, 1.82) is 0 Å². The molecule has 3 aromatic rings. The van der Waals surface area contributed by atoms with E-state index in [0.29, 0.717) is 24.6 Å². The molecule has 2 aromatic heterocycles. The molecule has 0 unspecified atom stereocenters. The van der Waals surface area contributed by atoms with E-state index < -0.39 is 6.04 Å². The van der Waals surface area contributed by atoms with Gasteiger partial charge in [-0.3, -0.25) is 9.59 Å². The fraction of sp³-hybridized carbons (Fsp3) is 0.552. The van der Waals surface area contributed by atoms with Crippen LogP contribution in [0.1, 0.15) is 44.7 Å². The minimum Gasteiger partial charge on any atom is -0.459 e. The first-order valence-electron chi connectivity index (χ1n) is 13.5. The Kier molecular flexibility index (Phi) is 9.35. The van der Waals surface area contributed by atoms with Crippen LogP contribution in [0.5, 0.6) is 0 Å². The second kappa shape index (κ2) is 12.7. The summed E-state index contributed by atoms with van der Waals surface area (Å²) in [6, 6.07) is 7.71. The number of nitrogens with one attached hydrogen (secondary N) is 2. The molecular formula is C29H40N4O5. The highest BCUT2D eigenvalue weighted by Gasteiger charge is 2.25. The molecule has 0 bridgehead atoms. The van der Waals surface area contributed by atoms with Crippen LogP contribution in [0.4, 0.5) is 0 Å². The number of aromatic nitrogens is 3. The van der Waals surface area contributed by atoms with Crippen molar-refractivity contribution in [3.8, 4) is 11.4 Å². The Balaban J connectivity index is 1.60. The van der Waals surface area contributed by atoms with Crippen LogP contribution in [0.2, 0.25) is 0 Å². The second-order valence-corrected chi connectivity index (χ2v) is 10.6. The molecule has 1 aliphatic heterocycles. The average Bonchev–Trinajstić information content (AvgIpc) is 3.23. The van der Waals surface area contributed by atoms with Gasteiger partial charge in [-0.25, -0.2) is 4.98 Å². The number of pyridine rings is 1. The predicted molar refractivity (Wildman–Crippen MR) is 147 cm³/mol. The van der Waals surface area contributed by atoms with E-state index in [4.69, 9.17) is 19.2 Å². The van der Waals surface area contributed by atoms with Crippen molar-refractivity contribution in [3.63, 3.8) is 0 Å². The molecule has 0 amide bonds. The Bertz CT molecular complexity index is 1290. The molecule has 9 nitrogen and oxygen atoms in total. The fourth-order valence-electron chi connectivity index (χ4n) is 4.96. The molecule has 1 saturated heterocycles. The molecule has 0 spiro atoms. The van der Waals surface area contributed by atoms with E-state index in [9.17, 15) is 9.59 Å². The van der Waals surface area contributed by atoms with E-state index in [-0.39, 0.29) is 23.6 Å². The van der Waals surface area contributed by atoms with Crippen molar-refractivity contribution in [2.75, 3.05) is 26.9 Å². The number of nitrogens with zero attached hydrogens (tertiary/aromatic N) is 2. The van der Waals surface area contributed by atoms with Crippen LogP contribution in [0.25, 0.3) is 22.4 Å². The molecule has 4 rings (SSSR count). The molecule has 206 valence electrons. The lowest BCUT2D eigenvalue weighted by molar-refractivity contribution is -0.154. The molecule has 1 aromatic carbocycles. The number of imidazole rings is 1. The van der Waals surface area contributed by atoms with Crippen LogP contribution in [-0.4, -0.2) is 59.6 Å². The molecule has 3 heterocycles. The minimum absolute atomic E-state index is 0.0646. The smallest absolute Gasteiger partial charge is 0.323 e. The van der Waals surface area contributed by atoms with Crippen molar-refractivity contribution < 1.29 is 19.0 Å². The summed E-state index contributed by atoms with van der Waals surface area (Å²) in [6.45, 7) is 10.9. The van der Waals surface area contributed by atoms with E-state index >= 15 is 0 Å². The van der Waals surface area contributed by atoms with Crippen LogP contribution in [0.15, 0.2) is 35.3 Å². The SMILES string of the molecule is COC[C@H](C)OC(=O)[C@@H](NCc1ccc2c(c1)nc(-c1c[nH]c(=O)c(C)c1)n2CC1CCOCC1)C(C)C. The number of hydrogen-bond acceptors (Lipinski definition) is 7. The number of fused-ring (bicyclic) bond motifs is 1. The highest BCUT2D eigenvalue weighted by Crippen LogP contribution is 2.28. The Hall–Kier alpha value is -3.01. The number of methoxy groups -OCH3 is 1. The van der Waals surface area contributed by atoms with Gasteiger partial charge in [0, 0.05) is 50.7 Å². The van der Waals surface area contributed by atoms with Crippen LogP contribution in [-0.2, 0) is 32.1 Å². The number of aryl methyl sites for hydroxylation is 1. The Morgan fingerprint density at radius 2 is 2.00 bits per heavy atom. The lowest BCUT2D eigenvalue weighted by Crippen LogP contribution is -2.43. The number of H-pyrrole nitrogens is 1. The van der Waals surface area contributed by atoms with Gasteiger partial charge in [-0.05, 0) is 62.3 Å². The van der Waals surface area contributed by atoms with Crippen molar-refractivity contribution in [1.82, 2.24) is 19.9 Å². The Morgan fingerprint density at radius 1 is 1.24 bits per heavy atom. The number of hydrogen-bond donors (Lipinski definition) is 2. The van der Waals surface area contributed by atoms with Gasteiger partial charge >= 0.3 is 5.97 Å². The molecule has 9 heteroatoms. The normalized spacial score (nSPS) is 16.2. The van der Waals surface area contributed by atoms with Gasteiger partial charge in [-0.2, -0.15) is 0 Å². The van der Waals surface area contributed by atoms with E-state index in [1.165, 1.54) is 0 Å². The maximum Gasteiger partial charge on any atom is 0.323 e. The molecule has 1 fully saturated rings. The predicted octanol–water partition coefficient (Wildman–Crippen LogP) is 3.82. The lowest BCUT2D eigenvalue weighted by atomic mass is 10.00. The molecule has 1 aliphatic rings. The van der Waals surface area contributed by atoms with Crippen LogP contribution < -0.4 is 10.9 Å². The zero-order valence-corrected chi connectivity index (χ0v) is 23.1. The fourth-order valence-corrected chi connectivity index (χ4v) is 4.96. The molecule has 0 saturated carbocycles. The summed E-state index contributed by atoms with van der Waals surface area (Å²) in [6.07, 6.45) is 3.47. The van der Waals surface area contributed by atoms with E-state index in [2.05, 4.69) is 33.1 Å². The van der Waals surface area contributed by atoms with Gasteiger partial charge in [0.2, 0.25) is 0 Å². The molecular weight excluding hydrogens is 484 g/mol. The van der Waals surface area contributed by atoms with Crippen LogP contribution >= 0.6 is 0 Å². The van der Waals surface area contributed by atoms with Gasteiger partial charge in [0.05, 0.1) is 17.6 Å². The van der Waals surface area contributed by atoms with Gasteiger partial charge in [-0.1, -0.05) is 19.9 Å². The second-order valence-electron chi connectivity index (χ2n) is 10.6. The largest absolute Gasteiger partial charge is 0.459 e. The number of rotatable bonds is 11. The first kappa shape index (κ1) is 28.0. The zero-order chi connectivity index (χ0) is 27.2. The standard InChI is InChI=1S/C29H40N4O5/c1-18(2)26(29(35)38-20(4)17-36-5)30-14-22-6-7-25-24(13-22)32-27(23-12-19(3)28(34)31-15-23)33(25)16-21-8-10-37-11-9-21/h6-7,12-13,15,18,20-21,26,30H,8-11,14,16-17H2,1-5H3,(H,31,34)/t20-,26-/m0/s1. The van der Waals surface area contributed by atoms with Gasteiger partial charge in [0.25, 0.3) is 5.56 Å². The Morgan fingerprint density at radius 3 is 2.68 bits per heavy atom. The van der Waals surface area contributed by atoms with Crippen molar-refractivity contribution in [2.24, 2.45) is 11.8 Å². The van der Waals surface area contributed by atoms with Gasteiger partial charge in [-0.15, -0.1) is 0 Å². The summed E-state index contributed by atoms with van der Waals surface area (Å²) >= 11 is 0. The van der Waals surface area contributed by atoms with Crippen LogP contribution in [0, 0.1) is 18.8 Å². The molecule has 0 aliphatic carbocycles. The molecule has 2 atom stereocenters. The summed E-state index contributed by atoms with van der Waals surface area (Å²) in [5.41, 5.74) is 4.41. The van der Waals surface area contributed by atoms with Gasteiger partial charge in [0.1, 0.15) is 18.0 Å². The minimum atomic E-state index is -0.434. The van der Waals surface area contributed by atoms with E-state index in [0.717, 1.165) is 60.6 Å². The van der Waals surface area contributed by atoms with Crippen LogP contribution in [0.3, 0.4) is 0 Å². The summed E-state index contributed by atoms with van der Waals surface area (Å²) in [4.78, 5) is 32.6. The highest BCUT2D eigenvalue weighted by molar-refractivity contribution is 5.81. The molecule has 2 N–H and O–H groups in total. The number of carbonyl (C=O) groups is 1. The Labute approximate surface area is 223 Å². The van der Waals surface area contributed by atoms with Crippen molar-refractivity contribution in [3.05, 3.63) is 51.9 Å². The summed E-state index contributed by atoms with van der Waals surface area (Å²) in [7, 11) is 1.59. The highest BCUT2D eigenvalue weighted by atomic mass is 16.6. The topological polar surface area (TPSA) is 107 Å². The van der Waals surface area contributed by atoms with Gasteiger partial charge in [0.15, 0.2) is 0 Å². The third-order valence-electron chi connectivity index (χ3n) is 7.11. The third-order valence-corrected chi connectivity index (χ3v) is 7.11. The maximum absolute atomic E-state index is 12.8.